The number of nitrogens with one attached hydrogen (secondary N) is 1. The molecule has 1 spiro atoms. The quantitative estimate of drug-likeness (QED) is 0.226. The number of benzene rings is 3. The van der Waals surface area contributed by atoms with Crippen molar-refractivity contribution >= 4 is 32.8 Å². The van der Waals surface area contributed by atoms with E-state index in [-0.39, 0.29) is 44.9 Å². The molecule has 0 bridgehead atoms. The Morgan fingerprint density at radius 1 is 1.04 bits per heavy atom. The average Bonchev–Trinajstić information content (AvgIpc) is 3.63. The second kappa shape index (κ2) is 14.2. The Balaban J connectivity index is 0.986. The molecule has 282 valence electrons. The maximum atomic E-state index is 14.3. The number of hydrogen-bond donors (Lipinski definition) is 2. The summed E-state index contributed by atoms with van der Waals surface area (Å²) in [5.74, 6) is -0.817. The molecule has 0 aromatic heterocycles. The summed E-state index contributed by atoms with van der Waals surface area (Å²) in [7, 11) is -4.43. The molecule has 1 amide bonds. The number of nitro groups is 1. The Labute approximate surface area is 310 Å². The second-order valence-electron chi connectivity index (χ2n) is 15.5. The van der Waals surface area contributed by atoms with Gasteiger partial charge in [-0.2, -0.15) is 0 Å². The minimum absolute atomic E-state index is 0.0760. The average molecular weight is 745 g/mol. The number of hydrogen-bond acceptors (Lipinski definition) is 11. The van der Waals surface area contributed by atoms with Gasteiger partial charge in [-0.05, 0) is 86.7 Å². The van der Waals surface area contributed by atoms with Crippen LogP contribution >= 0.6 is 0 Å². The summed E-state index contributed by atoms with van der Waals surface area (Å²) in [6, 6.07) is 16.6. The van der Waals surface area contributed by atoms with Gasteiger partial charge in [0.2, 0.25) is 15.7 Å². The SMILES string of the molecule is Cc1ccccc1[C@@H]1CCCN1C1CC2(CCN(c3ccc(C(N)=O)c(S(=O)(=O)c4cc5c(c([N+](=O)[O-])c4)N[C@H](CN4CCOCC4)CO5)c3)CC2)C1. The van der Waals surface area contributed by atoms with Gasteiger partial charge in [0.15, 0.2) is 11.4 Å². The number of aryl methyl sites for hydroxylation is 1. The lowest BCUT2D eigenvalue weighted by atomic mass is 9.59. The third-order valence-electron chi connectivity index (χ3n) is 12.3. The number of primary amides is 1. The standard InChI is InChI=1S/C39H48N6O7S/c1-26-5-2-3-6-31(26)33-7-4-12-44(33)29-22-39(23-29)10-13-43(14-11-39)28-8-9-32(38(40)46)36(19-28)53(49,50)30-20-34(45(47)48)37-35(21-30)52-25-27(41-37)24-42-15-17-51-18-16-42/h2-3,5-6,8-9,19-21,27,29,33,41H,4,7,10-18,22-25H2,1H3,(H2,40,46)/t27-,33+/m1/s1. The van der Waals surface area contributed by atoms with Crippen LogP contribution in [0.15, 0.2) is 64.4 Å². The van der Waals surface area contributed by atoms with E-state index in [4.69, 9.17) is 15.2 Å². The van der Waals surface area contributed by atoms with Crippen molar-refractivity contribution in [1.82, 2.24) is 9.80 Å². The Morgan fingerprint density at radius 3 is 2.51 bits per heavy atom. The third kappa shape index (κ3) is 6.86. The molecule has 0 radical (unpaired) electrons. The topological polar surface area (TPSA) is 161 Å². The van der Waals surface area contributed by atoms with E-state index in [9.17, 15) is 23.3 Å². The molecular weight excluding hydrogens is 697 g/mol. The van der Waals surface area contributed by atoms with Crippen LogP contribution in [0.25, 0.3) is 0 Å². The Bertz CT molecular complexity index is 2000. The van der Waals surface area contributed by atoms with Crippen LogP contribution in [0.1, 0.15) is 66.1 Å². The monoisotopic (exact) mass is 744 g/mol. The molecule has 4 aliphatic heterocycles. The molecule has 1 saturated carbocycles. The van der Waals surface area contributed by atoms with Crippen LogP contribution in [-0.2, 0) is 14.6 Å². The number of fused-ring (bicyclic) bond motifs is 1. The van der Waals surface area contributed by atoms with Crippen LogP contribution < -0.4 is 20.7 Å². The maximum Gasteiger partial charge on any atom is 0.297 e. The number of likely N-dealkylation sites (tertiary alicyclic amines) is 1. The van der Waals surface area contributed by atoms with E-state index in [0.29, 0.717) is 37.5 Å². The van der Waals surface area contributed by atoms with Crippen LogP contribution in [0.4, 0.5) is 17.1 Å². The fraction of sp³-hybridized carbons (Fsp3) is 0.513. The van der Waals surface area contributed by atoms with Crippen molar-refractivity contribution < 1.29 is 27.6 Å². The molecule has 3 aromatic rings. The van der Waals surface area contributed by atoms with Crippen molar-refractivity contribution in [3.05, 3.63) is 81.4 Å². The molecule has 3 aromatic carbocycles. The van der Waals surface area contributed by atoms with Crippen LogP contribution in [0, 0.1) is 22.5 Å². The van der Waals surface area contributed by atoms with Gasteiger partial charge in [0, 0.05) is 62.6 Å². The molecule has 4 heterocycles. The largest absolute Gasteiger partial charge is 0.489 e. The third-order valence-corrected chi connectivity index (χ3v) is 14.1. The predicted molar refractivity (Wildman–Crippen MR) is 200 cm³/mol. The predicted octanol–water partition coefficient (Wildman–Crippen LogP) is 4.93. The number of sulfone groups is 1. The number of anilines is 2. The second-order valence-corrected chi connectivity index (χ2v) is 17.4. The van der Waals surface area contributed by atoms with E-state index in [0.717, 1.165) is 51.6 Å². The summed E-state index contributed by atoms with van der Waals surface area (Å²) < 4.78 is 40.0. The molecule has 8 rings (SSSR count). The molecule has 2 atom stereocenters. The highest BCUT2D eigenvalue weighted by atomic mass is 32.2. The molecule has 5 aliphatic rings. The Kier molecular flexibility index (Phi) is 9.58. The molecule has 1 aliphatic carbocycles. The van der Waals surface area contributed by atoms with Crippen molar-refractivity contribution in [2.45, 2.75) is 73.4 Å². The van der Waals surface area contributed by atoms with Gasteiger partial charge in [0.25, 0.3) is 5.69 Å². The summed E-state index contributed by atoms with van der Waals surface area (Å²) in [6.07, 6.45) is 6.77. The number of piperidine rings is 1. The van der Waals surface area contributed by atoms with E-state index in [2.05, 4.69) is 51.2 Å². The van der Waals surface area contributed by atoms with Crippen molar-refractivity contribution in [3.8, 4) is 5.75 Å². The molecule has 14 heteroatoms. The van der Waals surface area contributed by atoms with E-state index in [1.807, 2.05) is 0 Å². The number of nitrogens with two attached hydrogens (primary N) is 1. The summed E-state index contributed by atoms with van der Waals surface area (Å²) in [5, 5.41) is 15.5. The summed E-state index contributed by atoms with van der Waals surface area (Å²) >= 11 is 0. The number of rotatable bonds is 9. The zero-order valence-corrected chi connectivity index (χ0v) is 31.0. The van der Waals surface area contributed by atoms with Crippen LogP contribution in [0.5, 0.6) is 5.75 Å². The first kappa shape index (κ1) is 35.8. The first-order valence-corrected chi connectivity index (χ1v) is 20.3. The zero-order chi connectivity index (χ0) is 36.9. The first-order valence-electron chi connectivity index (χ1n) is 18.8. The van der Waals surface area contributed by atoms with Gasteiger partial charge in [-0.1, -0.05) is 24.3 Å². The highest BCUT2D eigenvalue weighted by molar-refractivity contribution is 7.91. The molecule has 4 fully saturated rings. The van der Waals surface area contributed by atoms with Gasteiger partial charge in [-0.25, -0.2) is 8.42 Å². The minimum Gasteiger partial charge on any atom is -0.489 e. The lowest BCUT2D eigenvalue weighted by Crippen LogP contribution is -2.54. The fourth-order valence-electron chi connectivity index (χ4n) is 9.37. The number of nitro benzene ring substituents is 1. The highest BCUT2D eigenvalue weighted by Gasteiger charge is 2.50. The smallest absolute Gasteiger partial charge is 0.297 e. The number of amides is 1. The molecule has 3 saturated heterocycles. The van der Waals surface area contributed by atoms with Crippen molar-refractivity contribution in [3.63, 3.8) is 0 Å². The van der Waals surface area contributed by atoms with Gasteiger partial charge in [0.05, 0.1) is 39.5 Å². The van der Waals surface area contributed by atoms with Crippen molar-refractivity contribution in [2.75, 3.05) is 69.3 Å². The minimum atomic E-state index is -4.43. The van der Waals surface area contributed by atoms with Gasteiger partial charge >= 0.3 is 0 Å². The van der Waals surface area contributed by atoms with Gasteiger partial charge in [-0.15, -0.1) is 0 Å². The van der Waals surface area contributed by atoms with Gasteiger partial charge in [-0.3, -0.25) is 24.7 Å². The Hall–Kier alpha value is -4.24. The lowest BCUT2D eigenvalue weighted by molar-refractivity contribution is -0.384. The van der Waals surface area contributed by atoms with Gasteiger partial charge in [0.1, 0.15) is 6.61 Å². The number of carbonyl (C=O) groups excluding carboxylic acids is 1. The van der Waals surface area contributed by atoms with E-state index in [1.54, 1.807) is 6.07 Å². The molecule has 3 N–H and O–H groups in total. The summed E-state index contributed by atoms with van der Waals surface area (Å²) in [5.41, 5.74) is 9.03. The molecular formula is C39H48N6O7S. The Morgan fingerprint density at radius 2 is 1.79 bits per heavy atom. The summed E-state index contributed by atoms with van der Waals surface area (Å²) in [4.78, 5) is 30.8. The summed E-state index contributed by atoms with van der Waals surface area (Å²) in [6.45, 7) is 8.41. The fourth-order valence-corrected chi connectivity index (χ4v) is 10.9. The zero-order valence-electron chi connectivity index (χ0n) is 30.2. The van der Waals surface area contributed by atoms with Crippen molar-refractivity contribution in [1.29, 1.82) is 0 Å². The lowest BCUT2D eigenvalue weighted by Gasteiger charge is -2.56. The van der Waals surface area contributed by atoms with E-state index >= 15 is 0 Å². The number of morpholine rings is 1. The normalized spacial score (nSPS) is 23.5. The van der Waals surface area contributed by atoms with Crippen LogP contribution in [0.3, 0.4) is 0 Å². The van der Waals surface area contributed by atoms with E-state index < -0.39 is 26.4 Å². The molecule has 13 nitrogen and oxygen atoms in total. The van der Waals surface area contributed by atoms with Crippen molar-refractivity contribution in [2.24, 2.45) is 11.1 Å². The number of carbonyl (C=O) groups is 1. The number of nitrogens with zero attached hydrogens (tertiary/aromatic N) is 4. The van der Waals surface area contributed by atoms with Crippen LogP contribution in [0.2, 0.25) is 0 Å². The van der Waals surface area contributed by atoms with E-state index in [1.165, 1.54) is 55.0 Å². The molecule has 0 unspecified atom stereocenters. The maximum absolute atomic E-state index is 14.3. The highest BCUT2D eigenvalue weighted by Crippen LogP contribution is 2.54. The number of ether oxygens (including phenoxy) is 2. The van der Waals surface area contributed by atoms with Crippen LogP contribution in [-0.4, -0.2) is 100 Å². The van der Waals surface area contributed by atoms with Gasteiger partial charge < -0.3 is 25.4 Å². The molecule has 53 heavy (non-hydrogen) atoms. The first-order chi connectivity index (χ1) is 25.5.